The number of carbonyl (C=O) groups is 1. The van der Waals surface area contributed by atoms with Crippen molar-refractivity contribution in [3.05, 3.63) is 59.4 Å². The van der Waals surface area contributed by atoms with E-state index in [9.17, 15) is 9.18 Å². The van der Waals surface area contributed by atoms with Crippen molar-refractivity contribution in [2.45, 2.75) is 11.8 Å². The molecule has 0 aliphatic carbocycles. The normalized spacial score (nSPS) is 10.4. The van der Waals surface area contributed by atoms with Crippen molar-refractivity contribution in [2.24, 2.45) is 0 Å². The molecule has 0 unspecified atom stereocenters. The molecule has 2 rings (SSSR count). The van der Waals surface area contributed by atoms with Gasteiger partial charge in [0.25, 0.3) is 0 Å². The number of halogens is 1. The molecule has 0 heterocycles. The maximum absolute atomic E-state index is 12.8. The number of carboxylic acids is 1. The fourth-order valence-electron chi connectivity index (χ4n) is 1.84. The van der Waals surface area contributed by atoms with Crippen molar-refractivity contribution in [3.8, 4) is 5.75 Å². The van der Waals surface area contributed by atoms with Gasteiger partial charge >= 0.3 is 5.97 Å². The van der Waals surface area contributed by atoms with Crippen LogP contribution in [0.2, 0.25) is 0 Å². The summed E-state index contributed by atoms with van der Waals surface area (Å²) in [5.74, 6) is 0.0625. The molecule has 0 fully saturated rings. The fourth-order valence-corrected chi connectivity index (χ4v) is 2.58. The van der Waals surface area contributed by atoms with Crippen LogP contribution in [-0.4, -0.2) is 23.4 Å². The Kier molecular flexibility index (Phi) is 5.22. The molecule has 3 nitrogen and oxygen atoms in total. The first kappa shape index (κ1) is 15.4. The summed E-state index contributed by atoms with van der Waals surface area (Å²) in [4.78, 5) is 12.0. The van der Waals surface area contributed by atoms with E-state index in [4.69, 9.17) is 9.84 Å². The SMILES string of the molecule is Cc1c(OCCSc2ccc(F)cc2)cccc1C(=O)O. The highest BCUT2D eigenvalue weighted by atomic mass is 32.2. The first-order chi connectivity index (χ1) is 10.1. The lowest BCUT2D eigenvalue weighted by molar-refractivity contribution is 0.0695. The molecule has 110 valence electrons. The van der Waals surface area contributed by atoms with Crippen LogP contribution in [0.25, 0.3) is 0 Å². The number of aromatic carboxylic acids is 1. The summed E-state index contributed by atoms with van der Waals surface area (Å²) in [7, 11) is 0. The molecule has 0 aliphatic rings. The van der Waals surface area contributed by atoms with Crippen LogP contribution < -0.4 is 4.74 Å². The van der Waals surface area contributed by atoms with Crippen LogP contribution in [0.3, 0.4) is 0 Å². The third kappa shape index (κ3) is 4.23. The number of carboxylic acid groups (broad SMARTS) is 1. The summed E-state index contributed by atoms with van der Waals surface area (Å²) in [5, 5.41) is 9.04. The van der Waals surface area contributed by atoms with Gasteiger partial charge in [0.05, 0.1) is 12.2 Å². The van der Waals surface area contributed by atoms with E-state index < -0.39 is 5.97 Å². The average molecular weight is 306 g/mol. The molecular weight excluding hydrogens is 291 g/mol. The molecule has 0 radical (unpaired) electrons. The summed E-state index contributed by atoms with van der Waals surface area (Å²) in [5.41, 5.74) is 0.871. The fraction of sp³-hybridized carbons (Fsp3) is 0.188. The van der Waals surface area contributed by atoms with E-state index in [2.05, 4.69) is 0 Å². The second-order valence-corrected chi connectivity index (χ2v) is 5.55. The van der Waals surface area contributed by atoms with E-state index in [1.54, 1.807) is 49.0 Å². The maximum Gasteiger partial charge on any atom is 0.336 e. The number of rotatable bonds is 6. The van der Waals surface area contributed by atoms with E-state index in [-0.39, 0.29) is 11.4 Å². The van der Waals surface area contributed by atoms with Gasteiger partial charge < -0.3 is 9.84 Å². The Morgan fingerprint density at radius 3 is 2.62 bits per heavy atom. The van der Waals surface area contributed by atoms with Crippen LogP contribution in [-0.2, 0) is 0 Å². The van der Waals surface area contributed by atoms with Crippen LogP contribution in [0, 0.1) is 12.7 Å². The highest BCUT2D eigenvalue weighted by molar-refractivity contribution is 7.99. The average Bonchev–Trinajstić information content (AvgIpc) is 2.46. The number of benzene rings is 2. The minimum absolute atomic E-state index is 0.249. The predicted octanol–water partition coefficient (Wildman–Crippen LogP) is 4.00. The molecule has 21 heavy (non-hydrogen) atoms. The molecule has 5 heteroatoms. The Morgan fingerprint density at radius 1 is 1.24 bits per heavy atom. The molecule has 2 aromatic carbocycles. The van der Waals surface area contributed by atoms with E-state index >= 15 is 0 Å². The third-order valence-electron chi connectivity index (χ3n) is 2.94. The lowest BCUT2D eigenvalue weighted by atomic mass is 10.1. The van der Waals surface area contributed by atoms with Gasteiger partial charge in [-0.3, -0.25) is 0 Å². The summed E-state index contributed by atoms with van der Waals surface area (Å²) in [6.45, 7) is 2.18. The molecule has 0 spiro atoms. The largest absolute Gasteiger partial charge is 0.492 e. The number of hydrogen-bond donors (Lipinski definition) is 1. The van der Waals surface area contributed by atoms with Crippen molar-refractivity contribution >= 4 is 17.7 Å². The van der Waals surface area contributed by atoms with Gasteiger partial charge in [0.15, 0.2) is 0 Å². The Hall–Kier alpha value is -2.01. The maximum atomic E-state index is 12.8. The Labute approximate surface area is 126 Å². The topological polar surface area (TPSA) is 46.5 Å². The van der Waals surface area contributed by atoms with Crippen molar-refractivity contribution in [2.75, 3.05) is 12.4 Å². The molecule has 0 bridgehead atoms. The zero-order valence-electron chi connectivity index (χ0n) is 11.5. The summed E-state index contributed by atoms with van der Waals surface area (Å²) in [6.07, 6.45) is 0. The molecule has 0 aromatic heterocycles. The van der Waals surface area contributed by atoms with Crippen LogP contribution in [0.1, 0.15) is 15.9 Å². The van der Waals surface area contributed by atoms with Crippen LogP contribution >= 0.6 is 11.8 Å². The minimum Gasteiger partial charge on any atom is -0.492 e. The van der Waals surface area contributed by atoms with Gasteiger partial charge in [0.2, 0.25) is 0 Å². The molecule has 0 aliphatic heterocycles. The van der Waals surface area contributed by atoms with Crippen molar-refractivity contribution < 1.29 is 19.0 Å². The molecule has 1 N–H and O–H groups in total. The Bertz CT molecular complexity index is 626. The zero-order valence-corrected chi connectivity index (χ0v) is 12.3. The Balaban J connectivity index is 1.88. The van der Waals surface area contributed by atoms with Gasteiger partial charge in [0, 0.05) is 16.2 Å². The van der Waals surface area contributed by atoms with Gasteiger partial charge in [0.1, 0.15) is 11.6 Å². The van der Waals surface area contributed by atoms with Crippen molar-refractivity contribution in [1.82, 2.24) is 0 Å². The summed E-state index contributed by atoms with van der Waals surface area (Å²) >= 11 is 1.56. The zero-order chi connectivity index (χ0) is 15.2. The van der Waals surface area contributed by atoms with E-state index in [1.807, 2.05) is 0 Å². The quantitative estimate of drug-likeness (QED) is 0.647. The van der Waals surface area contributed by atoms with Gasteiger partial charge in [-0.2, -0.15) is 0 Å². The third-order valence-corrected chi connectivity index (χ3v) is 3.91. The lowest BCUT2D eigenvalue weighted by Gasteiger charge is -2.10. The molecule has 0 atom stereocenters. The summed E-state index contributed by atoms with van der Waals surface area (Å²) < 4.78 is 18.4. The number of thioether (sulfide) groups is 1. The number of hydrogen-bond acceptors (Lipinski definition) is 3. The van der Waals surface area contributed by atoms with Crippen molar-refractivity contribution in [1.29, 1.82) is 0 Å². The van der Waals surface area contributed by atoms with Gasteiger partial charge in [-0.25, -0.2) is 9.18 Å². The predicted molar refractivity (Wildman–Crippen MR) is 80.8 cm³/mol. The van der Waals surface area contributed by atoms with Crippen LogP contribution in [0.4, 0.5) is 4.39 Å². The first-order valence-corrected chi connectivity index (χ1v) is 7.40. The first-order valence-electron chi connectivity index (χ1n) is 6.42. The number of ether oxygens (including phenoxy) is 1. The highest BCUT2D eigenvalue weighted by Crippen LogP contribution is 2.23. The standard InChI is InChI=1S/C16H15FO3S/c1-11-14(16(18)19)3-2-4-15(11)20-9-10-21-13-7-5-12(17)6-8-13/h2-8H,9-10H2,1H3,(H,18,19). The Morgan fingerprint density at radius 2 is 1.95 bits per heavy atom. The second-order valence-electron chi connectivity index (χ2n) is 4.38. The molecule has 2 aromatic rings. The van der Waals surface area contributed by atoms with Crippen LogP contribution in [0.15, 0.2) is 47.4 Å². The van der Waals surface area contributed by atoms with E-state index in [0.717, 1.165) is 4.90 Å². The van der Waals surface area contributed by atoms with E-state index in [0.29, 0.717) is 23.7 Å². The highest BCUT2D eigenvalue weighted by Gasteiger charge is 2.10. The van der Waals surface area contributed by atoms with Gasteiger partial charge in [-0.15, -0.1) is 11.8 Å². The van der Waals surface area contributed by atoms with Gasteiger partial charge in [-0.1, -0.05) is 6.07 Å². The monoisotopic (exact) mass is 306 g/mol. The van der Waals surface area contributed by atoms with Crippen molar-refractivity contribution in [3.63, 3.8) is 0 Å². The molecular formula is C16H15FO3S. The molecule has 0 amide bonds. The molecule has 0 saturated carbocycles. The second kappa shape index (κ2) is 7.13. The smallest absolute Gasteiger partial charge is 0.336 e. The molecule has 0 saturated heterocycles. The minimum atomic E-state index is -0.960. The lowest BCUT2D eigenvalue weighted by Crippen LogP contribution is -2.05. The van der Waals surface area contributed by atoms with Crippen LogP contribution in [0.5, 0.6) is 5.75 Å². The van der Waals surface area contributed by atoms with Gasteiger partial charge in [-0.05, 0) is 43.3 Å². The van der Waals surface area contributed by atoms with E-state index in [1.165, 1.54) is 12.1 Å². The summed E-state index contributed by atoms with van der Waals surface area (Å²) in [6, 6.07) is 11.3.